The third-order valence-corrected chi connectivity index (χ3v) is 1.85. The molecule has 4 heteroatoms. The van der Waals surface area contributed by atoms with E-state index in [4.69, 9.17) is 10.8 Å². The first-order chi connectivity index (χ1) is 6.16. The molecule has 1 rings (SSSR count). The van der Waals surface area contributed by atoms with Crippen LogP contribution < -0.4 is 5.73 Å². The topological polar surface area (TPSA) is 86.7 Å². The minimum absolute atomic E-state index is 0.228. The predicted molar refractivity (Wildman–Crippen MR) is 48.4 cm³/mol. The molecule has 0 aliphatic carbocycles. The van der Waals surface area contributed by atoms with Gasteiger partial charge in [-0.15, -0.1) is 0 Å². The van der Waals surface area contributed by atoms with Gasteiger partial charge in [-0.1, -0.05) is 12.1 Å². The molecule has 0 aliphatic heterocycles. The van der Waals surface area contributed by atoms with Gasteiger partial charge in [-0.25, -0.2) is 0 Å². The van der Waals surface area contributed by atoms with Gasteiger partial charge >= 0.3 is 0 Å². The summed E-state index contributed by atoms with van der Waals surface area (Å²) in [5, 5.41) is 27.9. The maximum atomic E-state index is 9.47. The fraction of sp³-hybridized carbons (Fsp3) is 0.333. The lowest BCUT2D eigenvalue weighted by Crippen LogP contribution is -2.06. The van der Waals surface area contributed by atoms with Crippen molar-refractivity contribution in [1.82, 2.24) is 0 Å². The number of benzene rings is 1. The number of phenols is 2. The van der Waals surface area contributed by atoms with Gasteiger partial charge < -0.3 is 21.1 Å². The van der Waals surface area contributed by atoms with Gasteiger partial charge in [0.25, 0.3) is 0 Å². The summed E-state index contributed by atoms with van der Waals surface area (Å²) in [6.07, 6.45) is -0.464. The van der Waals surface area contributed by atoms with Gasteiger partial charge in [-0.2, -0.15) is 0 Å². The Kier molecular flexibility index (Phi) is 3.11. The van der Waals surface area contributed by atoms with Crippen molar-refractivity contribution in [2.45, 2.75) is 12.5 Å². The van der Waals surface area contributed by atoms with Crippen molar-refractivity contribution in [2.24, 2.45) is 5.73 Å². The van der Waals surface area contributed by atoms with E-state index >= 15 is 0 Å². The van der Waals surface area contributed by atoms with Crippen LogP contribution in [0.25, 0.3) is 0 Å². The molecule has 0 bridgehead atoms. The molecule has 5 N–H and O–H groups in total. The molecule has 0 fully saturated rings. The molecule has 1 atom stereocenters. The zero-order chi connectivity index (χ0) is 9.84. The lowest BCUT2D eigenvalue weighted by atomic mass is 10.1. The summed E-state index contributed by atoms with van der Waals surface area (Å²) < 4.78 is 0. The number of para-hydroxylation sites is 1. The normalized spacial score (nSPS) is 12.8. The van der Waals surface area contributed by atoms with E-state index in [2.05, 4.69) is 0 Å². The summed E-state index contributed by atoms with van der Waals surface area (Å²) in [4.78, 5) is 0. The Morgan fingerprint density at radius 2 is 2.00 bits per heavy atom. The van der Waals surface area contributed by atoms with Crippen LogP contribution in [0.15, 0.2) is 18.2 Å². The number of aromatic hydroxyl groups is 2. The van der Waals surface area contributed by atoms with E-state index in [9.17, 15) is 10.2 Å². The summed E-state index contributed by atoms with van der Waals surface area (Å²) in [5.74, 6) is -0.503. The number of hydrogen-bond acceptors (Lipinski definition) is 4. The van der Waals surface area contributed by atoms with Gasteiger partial charge in [-0.05, 0) is 19.0 Å². The SMILES string of the molecule is NCCC(O)c1cccc(O)c1O. The Hall–Kier alpha value is -1.26. The molecule has 13 heavy (non-hydrogen) atoms. The number of phenolic OH excluding ortho intramolecular Hbond substituents is 2. The van der Waals surface area contributed by atoms with E-state index in [1.54, 1.807) is 12.1 Å². The maximum absolute atomic E-state index is 9.47. The molecule has 0 saturated heterocycles. The first-order valence-electron chi connectivity index (χ1n) is 4.05. The highest BCUT2D eigenvalue weighted by Crippen LogP contribution is 2.33. The van der Waals surface area contributed by atoms with Crippen molar-refractivity contribution >= 4 is 0 Å². The van der Waals surface area contributed by atoms with E-state index in [-0.39, 0.29) is 11.5 Å². The molecule has 72 valence electrons. The first-order valence-corrected chi connectivity index (χ1v) is 4.05. The third-order valence-electron chi connectivity index (χ3n) is 1.85. The molecule has 0 amide bonds. The van der Waals surface area contributed by atoms with Crippen LogP contribution in [0.1, 0.15) is 18.1 Å². The quantitative estimate of drug-likeness (QED) is 0.513. The Balaban J connectivity index is 2.93. The van der Waals surface area contributed by atoms with Gasteiger partial charge in [-0.3, -0.25) is 0 Å². The first kappa shape index (κ1) is 9.83. The largest absolute Gasteiger partial charge is 0.504 e. The minimum atomic E-state index is -0.822. The molecular weight excluding hydrogens is 170 g/mol. The van der Waals surface area contributed by atoms with Crippen molar-refractivity contribution in [2.75, 3.05) is 6.54 Å². The van der Waals surface area contributed by atoms with E-state index in [0.29, 0.717) is 18.5 Å². The number of nitrogens with two attached hydrogens (primary N) is 1. The zero-order valence-corrected chi connectivity index (χ0v) is 7.14. The van der Waals surface area contributed by atoms with Crippen molar-refractivity contribution in [3.8, 4) is 11.5 Å². The van der Waals surface area contributed by atoms with Gasteiger partial charge in [0, 0.05) is 5.56 Å². The fourth-order valence-corrected chi connectivity index (χ4v) is 1.13. The van der Waals surface area contributed by atoms with E-state index in [0.717, 1.165) is 0 Å². The summed E-state index contributed by atoms with van der Waals surface area (Å²) in [6, 6.07) is 4.47. The molecule has 1 unspecified atom stereocenters. The monoisotopic (exact) mass is 183 g/mol. The van der Waals surface area contributed by atoms with Crippen molar-refractivity contribution < 1.29 is 15.3 Å². The second-order valence-electron chi connectivity index (χ2n) is 2.81. The number of aliphatic hydroxyl groups is 1. The average molecular weight is 183 g/mol. The highest BCUT2D eigenvalue weighted by molar-refractivity contribution is 5.45. The average Bonchev–Trinajstić information content (AvgIpc) is 2.10. The second-order valence-corrected chi connectivity index (χ2v) is 2.81. The molecule has 4 nitrogen and oxygen atoms in total. The lowest BCUT2D eigenvalue weighted by molar-refractivity contribution is 0.165. The van der Waals surface area contributed by atoms with Crippen molar-refractivity contribution in [3.63, 3.8) is 0 Å². The Morgan fingerprint density at radius 3 is 2.62 bits per heavy atom. The predicted octanol–water partition coefficient (Wildman–Crippen LogP) is 0.480. The van der Waals surface area contributed by atoms with Crippen LogP contribution in [0.2, 0.25) is 0 Å². The number of hydrogen-bond donors (Lipinski definition) is 4. The highest BCUT2D eigenvalue weighted by atomic mass is 16.3. The molecule has 0 aromatic heterocycles. The van der Waals surface area contributed by atoms with E-state index in [1.165, 1.54) is 6.07 Å². The molecule has 1 aromatic rings. The molecule has 0 aliphatic rings. The van der Waals surface area contributed by atoms with Gasteiger partial charge in [0.05, 0.1) is 6.10 Å². The molecule has 0 saturated carbocycles. The summed E-state index contributed by atoms with van der Waals surface area (Å²) in [5.41, 5.74) is 5.56. The number of aliphatic hydroxyl groups excluding tert-OH is 1. The smallest absolute Gasteiger partial charge is 0.163 e. The fourth-order valence-electron chi connectivity index (χ4n) is 1.13. The van der Waals surface area contributed by atoms with Gasteiger partial charge in [0.15, 0.2) is 11.5 Å². The molecule has 1 aromatic carbocycles. The van der Waals surface area contributed by atoms with Gasteiger partial charge in [0.1, 0.15) is 0 Å². The summed E-state index contributed by atoms with van der Waals surface area (Å²) in [6.45, 7) is 0.330. The van der Waals surface area contributed by atoms with Gasteiger partial charge in [0.2, 0.25) is 0 Å². The molecule has 0 spiro atoms. The number of rotatable bonds is 3. The zero-order valence-electron chi connectivity index (χ0n) is 7.14. The van der Waals surface area contributed by atoms with Crippen LogP contribution in [0.4, 0.5) is 0 Å². The third kappa shape index (κ3) is 2.11. The van der Waals surface area contributed by atoms with Crippen LogP contribution >= 0.6 is 0 Å². The van der Waals surface area contributed by atoms with Crippen LogP contribution in [-0.2, 0) is 0 Å². The Morgan fingerprint density at radius 1 is 1.31 bits per heavy atom. The summed E-state index contributed by atoms with van der Waals surface area (Å²) >= 11 is 0. The molecule has 0 radical (unpaired) electrons. The van der Waals surface area contributed by atoms with Crippen molar-refractivity contribution in [3.05, 3.63) is 23.8 Å². The Labute approximate surface area is 76.2 Å². The standard InChI is InChI=1S/C9H13NO3/c10-5-4-7(11)6-2-1-3-8(12)9(6)13/h1-3,7,11-13H,4-5,10H2. The second kappa shape index (κ2) is 4.11. The highest BCUT2D eigenvalue weighted by Gasteiger charge is 2.13. The minimum Gasteiger partial charge on any atom is -0.504 e. The lowest BCUT2D eigenvalue weighted by Gasteiger charge is -2.11. The molecular formula is C9H13NO3. The summed E-state index contributed by atoms with van der Waals surface area (Å²) in [7, 11) is 0. The molecule has 0 heterocycles. The maximum Gasteiger partial charge on any atom is 0.163 e. The van der Waals surface area contributed by atoms with Crippen LogP contribution in [-0.4, -0.2) is 21.9 Å². The van der Waals surface area contributed by atoms with Crippen LogP contribution in [0.5, 0.6) is 11.5 Å². The van der Waals surface area contributed by atoms with Crippen LogP contribution in [0.3, 0.4) is 0 Å². The Bertz CT molecular complexity index is 288. The van der Waals surface area contributed by atoms with E-state index < -0.39 is 6.10 Å². The van der Waals surface area contributed by atoms with Crippen molar-refractivity contribution in [1.29, 1.82) is 0 Å². The van der Waals surface area contributed by atoms with Crippen LogP contribution in [0, 0.1) is 0 Å². The van der Waals surface area contributed by atoms with E-state index in [1.807, 2.05) is 0 Å².